The van der Waals surface area contributed by atoms with Crippen molar-refractivity contribution in [3.8, 4) is 0 Å². The smallest absolute Gasteiger partial charge is 0.0655 e. The molecule has 1 aliphatic heterocycles. The average Bonchev–Trinajstić information content (AvgIpc) is 2.29. The summed E-state index contributed by atoms with van der Waals surface area (Å²) < 4.78 is 0. The summed E-state index contributed by atoms with van der Waals surface area (Å²) in [5.41, 5.74) is 2.43. The zero-order valence-corrected chi connectivity index (χ0v) is 6.96. The highest BCUT2D eigenvalue weighted by atomic mass is 15.2. The molecule has 2 aliphatic rings. The Hall–Kier alpha value is -0.920. The third-order valence-electron chi connectivity index (χ3n) is 2.67. The van der Waals surface area contributed by atoms with Crippen LogP contribution in [0.3, 0.4) is 0 Å². The van der Waals surface area contributed by atoms with Crippen molar-refractivity contribution in [1.29, 1.82) is 0 Å². The minimum atomic E-state index is 0.0677. The van der Waals surface area contributed by atoms with Crippen molar-refractivity contribution in [3.63, 3.8) is 0 Å². The highest BCUT2D eigenvalue weighted by molar-refractivity contribution is 6.15. The van der Waals surface area contributed by atoms with Crippen LogP contribution in [0.15, 0.2) is 22.4 Å². The predicted octanol–water partition coefficient (Wildman–Crippen LogP) is 2.17. The number of fused-ring (bicyclic) bond motifs is 1. The van der Waals surface area contributed by atoms with Gasteiger partial charge in [0.05, 0.1) is 16.8 Å². The highest BCUT2D eigenvalue weighted by Crippen LogP contribution is 2.33. The van der Waals surface area contributed by atoms with Gasteiger partial charge in [0.25, 0.3) is 0 Å². The van der Waals surface area contributed by atoms with Gasteiger partial charge in [0.1, 0.15) is 0 Å². The first-order valence-electron chi connectivity index (χ1n) is 4.03. The lowest BCUT2D eigenvalue weighted by Gasteiger charge is -2.25. The van der Waals surface area contributed by atoms with Gasteiger partial charge in [-0.3, -0.25) is 0 Å². The fourth-order valence-electron chi connectivity index (χ4n) is 1.62. The molecule has 1 atom stereocenters. The van der Waals surface area contributed by atoms with Gasteiger partial charge in [-0.1, -0.05) is 12.2 Å². The van der Waals surface area contributed by atoms with E-state index >= 15 is 0 Å². The van der Waals surface area contributed by atoms with Gasteiger partial charge in [0, 0.05) is 0 Å². The summed E-state index contributed by atoms with van der Waals surface area (Å²) in [6.07, 6.45) is 6.65. The van der Waals surface area contributed by atoms with E-state index in [2.05, 4.69) is 29.3 Å². The van der Waals surface area contributed by atoms with Gasteiger partial charge in [-0.05, 0) is 26.7 Å². The molecule has 0 saturated carbocycles. The summed E-state index contributed by atoms with van der Waals surface area (Å²) in [6.45, 7) is 4.24. The molecule has 0 amide bonds. The van der Waals surface area contributed by atoms with Gasteiger partial charge in [-0.25, -0.2) is 0 Å². The number of rotatable bonds is 0. The van der Waals surface area contributed by atoms with Gasteiger partial charge < -0.3 is 0 Å². The molecule has 2 nitrogen and oxygen atoms in total. The second-order valence-corrected chi connectivity index (χ2v) is 3.38. The molecule has 0 radical (unpaired) electrons. The van der Waals surface area contributed by atoms with E-state index in [1.54, 1.807) is 0 Å². The molecule has 58 valence electrons. The fourth-order valence-corrected chi connectivity index (χ4v) is 1.62. The molecular formula is C9H12N2. The van der Waals surface area contributed by atoms with E-state index in [1.165, 1.54) is 5.71 Å². The molecule has 2 rings (SSSR count). The van der Waals surface area contributed by atoms with Crippen molar-refractivity contribution in [2.24, 2.45) is 15.6 Å². The first-order chi connectivity index (χ1) is 5.23. The van der Waals surface area contributed by atoms with E-state index in [1.807, 2.05) is 6.92 Å². The van der Waals surface area contributed by atoms with E-state index in [-0.39, 0.29) is 5.41 Å². The Balaban J connectivity index is 2.46. The molecule has 1 unspecified atom stereocenters. The van der Waals surface area contributed by atoms with Crippen molar-refractivity contribution < 1.29 is 0 Å². The maximum Gasteiger partial charge on any atom is 0.0655 e. The standard InChI is InChI=1S/C9H12N2/c1-7-9(2)6-4-3-5-8(9)11-10-7/h4,6H,3,5H2,1-2H3. The SMILES string of the molecule is CC1=NN=C2CCC=CC12C. The van der Waals surface area contributed by atoms with E-state index < -0.39 is 0 Å². The van der Waals surface area contributed by atoms with Gasteiger partial charge in [-0.15, -0.1) is 0 Å². The van der Waals surface area contributed by atoms with Crippen molar-refractivity contribution in [3.05, 3.63) is 12.2 Å². The van der Waals surface area contributed by atoms with E-state index in [4.69, 9.17) is 0 Å². The number of nitrogens with zero attached hydrogens (tertiary/aromatic N) is 2. The average molecular weight is 148 g/mol. The second kappa shape index (κ2) is 2.03. The molecule has 1 aliphatic carbocycles. The lowest BCUT2D eigenvalue weighted by molar-refractivity contribution is 0.776. The molecular weight excluding hydrogens is 136 g/mol. The van der Waals surface area contributed by atoms with Crippen LogP contribution in [-0.4, -0.2) is 11.4 Å². The fraction of sp³-hybridized carbons (Fsp3) is 0.556. The summed E-state index contributed by atoms with van der Waals surface area (Å²) in [7, 11) is 0. The molecule has 0 aromatic carbocycles. The molecule has 1 heterocycles. The van der Waals surface area contributed by atoms with Crippen LogP contribution in [0, 0.1) is 5.41 Å². The van der Waals surface area contributed by atoms with E-state index in [0.717, 1.165) is 18.6 Å². The third kappa shape index (κ3) is 0.785. The Bertz CT molecular complexity index is 273. The van der Waals surface area contributed by atoms with E-state index in [9.17, 15) is 0 Å². The minimum Gasteiger partial charge on any atom is -0.159 e. The topological polar surface area (TPSA) is 24.7 Å². The predicted molar refractivity (Wildman–Crippen MR) is 47.0 cm³/mol. The lowest BCUT2D eigenvalue weighted by atomic mass is 9.76. The monoisotopic (exact) mass is 148 g/mol. The summed E-state index contributed by atoms with van der Waals surface area (Å²) >= 11 is 0. The first-order valence-corrected chi connectivity index (χ1v) is 4.03. The normalized spacial score (nSPS) is 34.7. The van der Waals surface area contributed by atoms with Crippen LogP contribution < -0.4 is 0 Å². The summed E-state index contributed by atoms with van der Waals surface area (Å²) in [6, 6.07) is 0. The van der Waals surface area contributed by atoms with Crippen LogP contribution in [0.25, 0.3) is 0 Å². The molecule has 0 N–H and O–H groups in total. The van der Waals surface area contributed by atoms with Crippen molar-refractivity contribution >= 4 is 11.4 Å². The summed E-state index contributed by atoms with van der Waals surface area (Å²) in [5.74, 6) is 0. The second-order valence-electron chi connectivity index (χ2n) is 3.38. The van der Waals surface area contributed by atoms with Crippen molar-refractivity contribution in [1.82, 2.24) is 0 Å². The Labute approximate surface area is 66.7 Å². The first kappa shape index (κ1) is 6.77. The maximum atomic E-state index is 4.16. The molecule has 0 saturated heterocycles. The maximum absolute atomic E-state index is 4.16. The van der Waals surface area contributed by atoms with Crippen LogP contribution in [0.5, 0.6) is 0 Å². The highest BCUT2D eigenvalue weighted by Gasteiger charge is 2.36. The van der Waals surface area contributed by atoms with Crippen LogP contribution >= 0.6 is 0 Å². The third-order valence-corrected chi connectivity index (χ3v) is 2.67. The molecule has 2 heteroatoms. The molecule has 0 fully saturated rings. The summed E-state index contributed by atoms with van der Waals surface area (Å²) in [5, 5.41) is 8.27. The quantitative estimate of drug-likeness (QED) is 0.470. The molecule has 11 heavy (non-hydrogen) atoms. The summed E-state index contributed by atoms with van der Waals surface area (Å²) in [4.78, 5) is 0. The minimum absolute atomic E-state index is 0.0677. The van der Waals surface area contributed by atoms with E-state index in [0.29, 0.717) is 0 Å². The van der Waals surface area contributed by atoms with Gasteiger partial charge in [0.15, 0.2) is 0 Å². The largest absolute Gasteiger partial charge is 0.159 e. The van der Waals surface area contributed by atoms with Crippen molar-refractivity contribution in [2.45, 2.75) is 26.7 Å². The van der Waals surface area contributed by atoms with Gasteiger partial charge in [0.2, 0.25) is 0 Å². The number of hydrogen-bond donors (Lipinski definition) is 0. The molecule has 0 bridgehead atoms. The Morgan fingerprint density at radius 2 is 2.27 bits per heavy atom. The molecule has 0 aromatic heterocycles. The van der Waals surface area contributed by atoms with Crippen LogP contribution in [0.1, 0.15) is 26.7 Å². The zero-order chi connectivity index (χ0) is 7.90. The van der Waals surface area contributed by atoms with Gasteiger partial charge in [-0.2, -0.15) is 10.2 Å². The molecule has 0 spiro atoms. The number of hydrogen-bond acceptors (Lipinski definition) is 2. The van der Waals surface area contributed by atoms with Crippen molar-refractivity contribution in [2.75, 3.05) is 0 Å². The van der Waals surface area contributed by atoms with Gasteiger partial charge >= 0.3 is 0 Å². The Morgan fingerprint density at radius 1 is 1.45 bits per heavy atom. The lowest BCUT2D eigenvalue weighted by Crippen LogP contribution is -2.31. The Kier molecular flexibility index (Phi) is 1.25. The zero-order valence-electron chi connectivity index (χ0n) is 6.96. The number of allylic oxidation sites excluding steroid dienone is 2. The van der Waals surface area contributed by atoms with Crippen LogP contribution in [0.4, 0.5) is 0 Å². The van der Waals surface area contributed by atoms with Crippen LogP contribution in [0.2, 0.25) is 0 Å². The Morgan fingerprint density at radius 3 is 3.00 bits per heavy atom. The van der Waals surface area contributed by atoms with Crippen LogP contribution in [-0.2, 0) is 0 Å². The molecule has 0 aromatic rings.